The zero-order chi connectivity index (χ0) is 28.9. The molecular weight excluding hydrogens is 526 g/mol. The van der Waals surface area contributed by atoms with Crippen molar-refractivity contribution in [3.05, 3.63) is 137 Å². The molecule has 4 aromatic carbocycles. The molecule has 0 fully saturated rings. The van der Waals surface area contributed by atoms with Gasteiger partial charge in [0, 0.05) is 24.2 Å². The van der Waals surface area contributed by atoms with Crippen LogP contribution in [-0.2, 0) is 20.8 Å². The molecule has 1 aliphatic rings. The quantitative estimate of drug-likeness (QED) is 0.358. The summed E-state index contributed by atoms with van der Waals surface area (Å²) in [7, 11) is 1.61. The number of anilines is 1. The lowest BCUT2D eigenvalue weighted by Gasteiger charge is -2.24. The monoisotopic (exact) mass is 552 g/mol. The van der Waals surface area contributed by atoms with Gasteiger partial charge < -0.3 is 15.5 Å². The van der Waals surface area contributed by atoms with Crippen molar-refractivity contribution in [3.8, 4) is 0 Å². The van der Waals surface area contributed by atoms with Crippen molar-refractivity contribution < 1.29 is 23.2 Å². The van der Waals surface area contributed by atoms with Gasteiger partial charge >= 0.3 is 0 Å². The Morgan fingerprint density at radius 1 is 0.878 bits per heavy atom. The molecule has 0 spiro atoms. The molecule has 3 amide bonds. The molecule has 2 N–H and O–H groups in total. The lowest BCUT2D eigenvalue weighted by molar-refractivity contribution is -0.131. The van der Waals surface area contributed by atoms with Crippen molar-refractivity contribution in [3.63, 3.8) is 0 Å². The van der Waals surface area contributed by atoms with Gasteiger partial charge in [-0.2, -0.15) is 0 Å². The number of hydrogen-bond acceptors (Lipinski definition) is 4. The van der Waals surface area contributed by atoms with Gasteiger partial charge in [0.2, 0.25) is 18.0 Å². The number of nitrogens with zero attached hydrogens (tertiary/aromatic N) is 2. The molecule has 206 valence electrons. The number of benzene rings is 4. The standard InChI is InChI=1S/C32H26F2N4O3/c1-38-26-15-9-8-14-25(26)28(21-10-4-2-5-11-21)36-30(32(38)41)37-31(40)29(22-12-6-3-7-13-22)35-27(39)18-20-16-23(33)19-24(34)17-20/h2-17,19,29-30H,18H2,1H3,(H,35,39)(H,37,40)/t29-,30+/m0/s1. The maximum atomic E-state index is 13.7. The number of carbonyl (C=O) groups excluding carboxylic acids is 3. The number of nitrogens with one attached hydrogen (secondary N) is 2. The Morgan fingerprint density at radius 2 is 1.49 bits per heavy atom. The van der Waals surface area contributed by atoms with Crippen LogP contribution in [0.3, 0.4) is 0 Å². The van der Waals surface area contributed by atoms with E-state index < -0.39 is 41.6 Å². The van der Waals surface area contributed by atoms with Gasteiger partial charge in [-0.05, 0) is 29.3 Å². The van der Waals surface area contributed by atoms with Crippen LogP contribution in [0.2, 0.25) is 0 Å². The molecule has 0 aromatic heterocycles. The minimum Gasteiger partial charge on any atom is -0.340 e. The van der Waals surface area contributed by atoms with Gasteiger partial charge in [0.1, 0.15) is 17.7 Å². The van der Waals surface area contributed by atoms with Gasteiger partial charge in [0.15, 0.2) is 0 Å². The number of para-hydroxylation sites is 1. The predicted octanol–water partition coefficient (Wildman–Crippen LogP) is 4.32. The third kappa shape index (κ3) is 6.19. The minimum atomic E-state index is -1.30. The highest BCUT2D eigenvalue weighted by Crippen LogP contribution is 2.27. The molecule has 0 saturated carbocycles. The van der Waals surface area contributed by atoms with Crippen LogP contribution in [0.15, 0.2) is 108 Å². The number of rotatable bonds is 7. The first-order valence-corrected chi connectivity index (χ1v) is 12.9. The Kier molecular flexibility index (Phi) is 7.96. The molecule has 1 heterocycles. The van der Waals surface area contributed by atoms with E-state index in [0.717, 1.165) is 23.3 Å². The molecule has 0 radical (unpaired) electrons. The zero-order valence-corrected chi connectivity index (χ0v) is 22.1. The van der Waals surface area contributed by atoms with E-state index in [-0.39, 0.29) is 12.0 Å². The first kappa shape index (κ1) is 27.4. The summed E-state index contributed by atoms with van der Waals surface area (Å²) in [6.45, 7) is 0. The third-order valence-electron chi connectivity index (χ3n) is 6.66. The Morgan fingerprint density at radius 3 is 2.17 bits per heavy atom. The van der Waals surface area contributed by atoms with Crippen molar-refractivity contribution in [1.29, 1.82) is 0 Å². The summed E-state index contributed by atoms with van der Waals surface area (Å²) < 4.78 is 27.3. The highest BCUT2D eigenvalue weighted by atomic mass is 19.1. The number of fused-ring (bicyclic) bond motifs is 1. The largest absolute Gasteiger partial charge is 0.340 e. The number of benzodiazepines with no additional fused rings is 1. The molecule has 1 aliphatic heterocycles. The molecule has 0 unspecified atom stereocenters. The van der Waals surface area contributed by atoms with Crippen molar-refractivity contribution in [1.82, 2.24) is 10.6 Å². The van der Waals surface area contributed by atoms with E-state index in [1.165, 1.54) is 4.90 Å². The molecule has 4 aromatic rings. The number of likely N-dealkylation sites (N-methyl/N-ethyl adjacent to an activating group) is 1. The Hall–Kier alpha value is -5.18. The van der Waals surface area contributed by atoms with Gasteiger partial charge in [-0.1, -0.05) is 78.9 Å². The van der Waals surface area contributed by atoms with Gasteiger partial charge in [-0.25, -0.2) is 13.8 Å². The number of aliphatic imine (C=N–C) groups is 1. The summed E-state index contributed by atoms with van der Waals surface area (Å²) in [5.74, 6) is -3.40. The summed E-state index contributed by atoms with van der Waals surface area (Å²) in [5.41, 5.74) is 3.21. The van der Waals surface area contributed by atoms with Gasteiger partial charge in [0.05, 0.1) is 17.8 Å². The topological polar surface area (TPSA) is 90.9 Å². The molecular formula is C32H26F2N4O3. The van der Waals surface area contributed by atoms with Crippen LogP contribution in [0.25, 0.3) is 0 Å². The predicted molar refractivity (Wildman–Crippen MR) is 151 cm³/mol. The molecule has 5 rings (SSSR count). The molecule has 0 aliphatic carbocycles. The van der Waals surface area contributed by atoms with E-state index >= 15 is 0 Å². The van der Waals surface area contributed by atoms with Gasteiger partial charge in [-0.15, -0.1) is 0 Å². The highest BCUT2D eigenvalue weighted by molar-refractivity contribution is 6.20. The number of carbonyl (C=O) groups is 3. The van der Waals surface area contributed by atoms with Crippen LogP contribution >= 0.6 is 0 Å². The fraction of sp³-hybridized carbons (Fsp3) is 0.125. The number of halogens is 2. The van der Waals surface area contributed by atoms with Gasteiger partial charge in [0.25, 0.3) is 5.91 Å². The van der Waals surface area contributed by atoms with Crippen LogP contribution in [0.5, 0.6) is 0 Å². The van der Waals surface area contributed by atoms with Crippen LogP contribution in [0, 0.1) is 11.6 Å². The maximum Gasteiger partial charge on any atom is 0.272 e. The fourth-order valence-corrected chi connectivity index (χ4v) is 4.72. The molecule has 0 saturated heterocycles. The summed E-state index contributed by atoms with van der Waals surface area (Å²) >= 11 is 0. The zero-order valence-electron chi connectivity index (χ0n) is 22.1. The summed E-state index contributed by atoms with van der Waals surface area (Å²) in [4.78, 5) is 46.3. The molecule has 2 atom stereocenters. The van der Waals surface area contributed by atoms with E-state index in [1.54, 1.807) is 43.4 Å². The summed E-state index contributed by atoms with van der Waals surface area (Å²) in [6, 6.07) is 26.7. The minimum absolute atomic E-state index is 0.114. The molecule has 41 heavy (non-hydrogen) atoms. The van der Waals surface area contributed by atoms with Gasteiger partial charge in [-0.3, -0.25) is 14.4 Å². The van der Waals surface area contributed by atoms with Crippen molar-refractivity contribution in [2.75, 3.05) is 11.9 Å². The molecule has 7 nitrogen and oxygen atoms in total. The SMILES string of the molecule is CN1C(=O)[C@@H](NC(=O)[C@@H](NC(=O)Cc2cc(F)cc(F)c2)c2ccccc2)N=C(c2ccccc2)c2ccccc21. The van der Waals surface area contributed by atoms with Crippen molar-refractivity contribution >= 4 is 29.1 Å². The lowest BCUT2D eigenvalue weighted by atomic mass is 10.0. The maximum absolute atomic E-state index is 13.7. The van der Waals surface area contributed by atoms with E-state index in [9.17, 15) is 23.2 Å². The first-order valence-electron chi connectivity index (χ1n) is 12.9. The first-order chi connectivity index (χ1) is 19.8. The second-order valence-corrected chi connectivity index (χ2v) is 9.53. The second kappa shape index (κ2) is 11.9. The smallest absolute Gasteiger partial charge is 0.272 e. The second-order valence-electron chi connectivity index (χ2n) is 9.53. The van der Waals surface area contributed by atoms with E-state index in [2.05, 4.69) is 10.6 Å². The average Bonchev–Trinajstić information content (AvgIpc) is 3.07. The lowest BCUT2D eigenvalue weighted by Crippen LogP contribution is -2.50. The Labute approximate surface area is 235 Å². The number of hydrogen-bond donors (Lipinski definition) is 2. The highest BCUT2D eigenvalue weighted by Gasteiger charge is 2.33. The van der Waals surface area contributed by atoms with E-state index in [0.29, 0.717) is 23.0 Å². The van der Waals surface area contributed by atoms with Crippen LogP contribution in [-0.4, -0.2) is 36.6 Å². The number of amides is 3. The Balaban J connectivity index is 1.46. The Bertz CT molecular complexity index is 1610. The third-order valence-corrected chi connectivity index (χ3v) is 6.66. The fourth-order valence-electron chi connectivity index (χ4n) is 4.72. The van der Waals surface area contributed by atoms with E-state index in [4.69, 9.17) is 4.99 Å². The summed E-state index contributed by atoms with van der Waals surface area (Å²) in [6.07, 6.45) is -1.65. The van der Waals surface area contributed by atoms with Crippen LogP contribution in [0.1, 0.15) is 28.3 Å². The van der Waals surface area contributed by atoms with Crippen LogP contribution in [0.4, 0.5) is 14.5 Å². The summed E-state index contributed by atoms with van der Waals surface area (Å²) in [5, 5.41) is 5.35. The van der Waals surface area contributed by atoms with E-state index in [1.807, 2.05) is 48.5 Å². The normalized spacial score (nSPS) is 15.3. The van der Waals surface area contributed by atoms with Crippen molar-refractivity contribution in [2.24, 2.45) is 4.99 Å². The average molecular weight is 553 g/mol. The molecule has 0 bridgehead atoms. The van der Waals surface area contributed by atoms with Crippen molar-refractivity contribution in [2.45, 2.75) is 18.6 Å². The van der Waals surface area contributed by atoms with Crippen LogP contribution < -0.4 is 15.5 Å². The molecule has 9 heteroatoms.